The van der Waals surface area contributed by atoms with Gasteiger partial charge in [0.25, 0.3) is 0 Å². The molecule has 2 amide bonds. The number of pyridine rings is 1. The van der Waals surface area contributed by atoms with Gasteiger partial charge in [-0.25, -0.2) is 22.2 Å². The molecular weight excluding hydrogens is 1080 g/mol. The van der Waals surface area contributed by atoms with Crippen LogP contribution in [0.2, 0.25) is 0 Å². The molecule has 8 aromatic rings. The number of amides is 2. The molecule has 0 spiro atoms. The number of β-amino-alcohol motifs (C(OH)–C–C–N with tert-alkyl or cyclic N) is 1. The Bertz CT molecular complexity index is 3720. The molecule has 3 aliphatic heterocycles. The smallest absolute Gasteiger partial charge is 0.319 e. The molecule has 3 aliphatic rings. The summed E-state index contributed by atoms with van der Waals surface area (Å²) in [5.41, 5.74) is 3.52. The SMILES string of the molecule is CCc1c(F)ccc2cc(O)cc(-c3ncc4c(N5C[C@@H]6C[C@H]5CN6)nc(OC[C@H](C)OC)nc4c3OCc3ccc(-c4cn([C@H](C(=O)N5C[C@H](O)C[C@H]5C(=O)N[C@@H](CO)c5ccc(-c6c(F)cc(F)cc6F)cc5)C(C)C)nn4)cc3)c12. The Hall–Kier alpha value is -8.31. The largest absolute Gasteiger partial charge is 0.508 e. The van der Waals surface area contributed by atoms with Crippen molar-refractivity contribution in [2.24, 2.45) is 5.92 Å². The number of anilines is 1. The van der Waals surface area contributed by atoms with Crippen molar-refractivity contribution in [2.75, 3.05) is 44.9 Å². The van der Waals surface area contributed by atoms with Crippen molar-refractivity contribution < 1.29 is 56.7 Å². The molecule has 3 aromatic heterocycles. The lowest BCUT2D eigenvalue weighted by molar-refractivity contribution is -0.142. The third-order valence-electron chi connectivity index (χ3n) is 15.9. The molecule has 18 nitrogen and oxygen atoms in total. The molecule has 7 atom stereocenters. The number of carbonyl (C=O) groups excluding carboxylic acids is 2. The van der Waals surface area contributed by atoms with Crippen LogP contribution in [-0.2, 0) is 27.4 Å². The summed E-state index contributed by atoms with van der Waals surface area (Å²) < 4.78 is 78.3. The molecule has 5 N–H and O–H groups in total. The molecule has 83 heavy (non-hydrogen) atoms. The van der Waals surface area contributed by atoms with Gasteiger partial charge in [-0.1, -0.05) is 80.6 Å². The highest BCUT2D eigenvalue weighted by Crippen LogP contribution is 2.45. The van der Waals surface area contributed by atoms with E-state index in [9.17, 15) is 38.1 Å². The van der Waals surface area contributed by atoms with E-state index < -0.39 is 71.5 Å². The summed E-state index contributed by atoms with van der Waals surface area (Å²) in [6.07, 6.45) is 3.26. The van der Waals surface area contributed by atoms with Crippen molar-refractivity contribution >= 4 is 39.3 Å². The first-order chi connectivity index (χ1) is 40.0. The predicted molar refractivity (Wildman–Crippen MR) is 300 cm³/mol. The van der Waals surface area contributed by atoms with Crippen LogP contribution in [0.5, 0.6) is 17.5 Å². The number of hydrogen-bond acceptors (Lipinski definition) is 15. The second-order valence-electron chi connectivity index (χ2n) is 21.8. The maximum Gasteiger partial charge on any atom is 0.319 e. The van der Waals surface area contributed by atoms with Crippen LogP contribution in [-0.4, -0.2) is 132 Å². The van der Waals surface area contributed by atoms with Crippen molar-refractivity contribution in [1.82, 2.24) is 45.5 Å². The number of carbonyl (C=O) groups is 2. The van der Waals surface area contributed by atoms with E-state index in [4.69, 9.17) is 29.2 Å². The quantitative estimate of drug-likeness (QED) is 0.0482. The number of aliphatic hydroxyl groups is 2. The topological polar surface area (TPSA) is 222 Å². The Kier molecular flexibility index (Phi) is 16.0. The first kappa shape index (κ1) is 56.5. The van der Waals surface area contributed by atoms with E-state index in [-0.39, 0.29) is 73.4 Å². The summed E-state index contributed by atoms with van der Waals surface area (Å²) in [5.74, 6) is -4.28. The maximum absolute atomic E-state index is 15.7. The molecular formula is C61H62F4N10O8. The van der Waals surface area contributed by atoms with E-state index in [1.54, 1.807) is 37.7 Å². The van der Waals surface area contributed by atoms with Crippen LogP contribution >= 0.6 is 0 Å². The van der Waals surface area contributed by atoms with E-state index >= 15 is 4.39 Å². The van der Waals surface area contributed by atoms with Gasteiger partial charge in [0, 0.05) is 74.7 Å². The number of rotatable bonds is 19. The van der Waals surface area contributed by atoms with Gasteiger partial charge >= 0.3 is 6.01 Å². The zero-order valence-electron chi connectivity index (χ0n) is 46.2. The van der Waals surface area contributed by atoms with Crippen LogP contribution in [0.1, 0.15) is 69.3 Å². The number of nitrogens with one attached hydrogen (secondary N) is 2. The number of piperazine rings is 1. The lowest BCUT2D eigenvalue weighted by atomic mass is 9.94. The fourth-order valence-electron chi connectivity index (χ4n) is 11.6. The summed E-state index contributed by atoms with van der Waals surface area (Å²) >= 11 is 0. The Labute approximate surface area is 475 Å². The summed E-state index contributed by atoms with van der Waals surface area (Å²) in [7, 11) is 1.59. The van der Waals surface area contributed by atoms with E-state index in [2.05, 4.69) is 25.8 Å². The van der Waals surface area contributed by atoms with Crippen molar-refractivity contribution in [3.8, 4) is 51.2 Å². The van der Waals surface area contributed by atoms with Gasteiger partial charge in [-0.2, -0.15) is 9.97 Å². The number of aryl methyl sites for hydroxylation is 1. The molecule has 5 aromatic carbocycles. The average Bonchev–Trinajstić information content (AvgIpc) is 4.44. The number of ether oxygens (including phenoxy) is 3. The van der Waals surface area contributed by atoms with E-state index in [1.807, 2.05) is 52.0 Å². The third-order valence-corrected chi connectivity index (χ3v) is 15.9. The molecule has 3 saturated heterocycles. The number of halogens is 4. The van der Waals surface area contributed by atoms with Crippen LogP contribution < -0.4 is 25.0 Å². The fourth-order valence-corrected chi connectivity index (χ4v) is 11.6. The highest BCUT2D eigenvalue weighted by molar-refractivity contribution is 6.04. The van der Waals surface area contributed by atoms with E-state index in [0.717, 1.165) is 18.5 Å². The fraction of sp³-hybridized carbons (Fsp3) is 0.361. The molecule has 3 fully saturated rings. The molecule has 0 unspecified atom stereocenters. The molecule has 0 aliphatic carbocycles. The van der Waals surface area contributed by atoms with Crippen LogP contribution in [0.4, 0.5) is 23.4 Å². The van der Waals surface area contributed by atoms with Gasteiger partial charge in [-0.15, -0.1) is 5.10 Å². The van der Waals surface area contributed by atoms with Crippen LogP contribution in [0, 0.1) is 29.2 Å². The Morgan fingerprint density at radius 2 is 1.64 bits per heavy atom. The number of phenols is 1. The number of nitrogens with zero attached hydrogens (tertiary/aromatic N) is 8. The Balaban J connectivity index is 0.853. The summed E-state index contributed by atoms with van der Waals surface area (Å²) in [5, 5.41) is 49.3. The monoisotopic (exact) mass is 1140 g/mol. The average molecular weight is 1140 g/mol. The minimum Gasteiger partial charge on any atom is -0.508 e. The number of aromatic hydroxyl groups is 1. The molecule has 0 saturated carbocycles. The standard InChI is InChI=1S/C61H62F4N10O8/c1-6-43-46(63)16-15-37-17-41(77)21-44(52(37)43)54-57(55-45(24-67-54)58(73-25-39-20-40(73)23-66-39)70-61(69-55)83-29-32(4)81-5)82-30-33-7-9-34(10-8-33)49-27-75(72-71-49)56(31(2)3)60(80)74-26-42(78)22-51(74)59(79)68-50(28-76)35-11-13-36(14-12-35)53-47(64)18-38(62)19-48(53)65/h7-19,21,24,27,31-32,39-40,42,50-51,56,66,76-78H,6,20,22-23,25-26,28-30H2,1-5H3,(H,68,79)/t32-,39-,40-,42+,50-,51-,56-/m0/s1. The van der Waals surface area contributed by atoms with Gasteiger partial charge < -0.3 is 50.0 Å². The zero-order chi connectivity index (χ0) is 58.4. The number of benzene rings is 5. The van der Waals surface area contributed by atoms with E-state index in [1.165, 1.54) is 39.9 Å². The van der Waals surface area contributed by atoms with Crippen molar-refractivity contribution in [1.29, 1.82) is 0 Å². The lowest BCUT2D eigenvalue weighted by Crippen LogP contribution is -2.50. The first-order valence-corrected chi connectivity index (χ1v) is 27.6. The van der Waals surface area contributed by atoms with Gasteiger partial charge in [0.05, 0.1) is 42.0 Å². The van der Waals surface area contributed by atoms with Gasteiger partial charge in [0.15, 0.2) is 5.75 Å². The Morgan fingerprint density at radius 3 is 2.31 bits per heavy atom. The lowest BCUT2D eigenvalue weighted by Gasteiger charge is -2.30. The number of aromatic nitrogens is 6. The molecule has 6 heterocycles. The second-order valence-corrected chi connectivity index (χ2v) is 21.8. The number of hydrogen-bond donors (Lipinski definition) is 5. The van der Waals surface area contributed by atoms with Crippen LogP contribution in [0.15, 0.2) is 97.3 Å². The molecule has 0 radical (unpaired) electrons. The molecule has 2 bridgehead atoms. The third kappa shape index (κ3) is 11.2. The number of fused-ring (bicyclic) bond motifs is 4. The van der Waals surface area contributed by atoms with Crippen molar-refractivity contribution in [3.63, 3.8) is 0 Å². The highest BCUT2D eigenvalue weighted by Gasteiger charge is 2.44. The summed E-state index contributed by atoms with van der Waals surface area (Å²) in [6.45, 7) is 8.34. The van der Waals surface area contributed by atoms with Gasteiger partial charge in [-0.05, 0) is 76.9 Å². The molecule has 432 valence electrons. The zero-order valence-corrected chi connectivity index (χ0v) is 46.2. The number of likely N-dealkylation sites (tertiary alicyclic amines) is 1. The van der Waals surface area contributed by atoms with Crippen molar-refractivity contribution in [3.05, 3.63) is 137 Å². The van der Waals surface area contributed by atoms with E-state index in [0.29, 0.717) is 86.2 Å². The highest BCUT2D eigenvalue weighted by atomic mass is 19.1. The summed E-state index contributed by atoms with van der Waals surface area (Å²) in [6, 6.07) is 17.9. The molecule has 22 heteroatoms. The van der Waals surface area contributed by atoms with Crippen LogP contribution in [0.3, 0.4) is 0 Å². The second kappa shape index (κ2) is 23.5. The summed E-state index contributed by atoms with van der Waals surface area (Å²) in [4.78, 5) is 47.0. The number of phenolic OH excluding ortho intramolecular Hbond substituents is 1. The normalized spacial score (nSPS) is 18.8. The van der Waals surface area contributed by atoms with Gasteiger partial charge in [0.1, 0.15) is 77.0 Å². The maximum atomic E-state index is 15.7. The minimum atomic E-state index is -1.13. The predicted octanol–water partition coefficient (Wildman–Crippen LogP) is 8.15. The van der Waals surface area contributed by atoms with Crippen LogP contribution in [0.25, 0.3) is 55.3 Å². The minimum absolute atomic E-state index is 0.00668. The molecule has 11 rings (SSSR count). The van der Waals surface area contributed by atoms with Gasteiger partial charge in [-0.3, -0.25) is 14.6 Å². The first-order valence-electron chi connectivity index (χ1n) is 27.6. The van der Waals surface area contributed by atoms with Crippen molar-refractivity contribution in [2.45, 2.75) is 96.0 Å². The number of aliphatic hydroxyl groups excluding tert-OH is 2. The number of methoxy groups -OCH3 is 1. The Morgan fingerprint density at radius 1 is 0.892 bits per heavy atom. The van der Waals surface area contributed by atoms with Gasteiger partial charge in [0.2, 0.25) is 11.8 Å².